The van der Waals surface area contributed by atoms with E-state index >= 15 is 0 Å². The van der Waals surface area contributed by atoms with Crippen LogP contribution in [0.2, 0.25) is 0 Å². The fraction of sp³-hybridized carbons (Fsp3) is 0. The molecule has 0 aliphatic rings. The van der Waals surface area contributed by atoms with Crippen molar-refractivity contribution in [2.24, 2.45) is 0 Å². The molecule has 1 radical (unpaired) electrons. The molecule has 0 aliphatic carbocycles. The van der Waals surface area contributed by atoms with Crippen molar-refractivity contribution in [3.63, 3.8) is 0 Å². The van der Waals surface area contributed by atoms with E-state index < -0.39 is 0 Å². The molecule has 1 heteroatoms. The Balaban J connectivity index is -0.00000000505. The first-order valence-electron chi connectivity index (χ1n) is 3.33. The standard InChI is InChI=1S/2C5H5.12CH3.Co/c2*1-2-4-5-3-1;;;;;;;;;;;;;/h2*1-5H;12*1H3;/q14*-1;+2. The molecular formula is C22H46Co-12. The fourth-order valence-corrected chi connectivity index (χ4v) is 0.642. The van der Waals surface area contributed by atoms with E-state index in [1.165, 1.54) is 0 Å². The molecule has 0 bridgehead atoms. The topological polar surface area (TPSA) is 0 Å². The minimum Gasteiger partial charge on any atom is -0.358 e. The van der Waals surface area contributed by atoms with Gasteiger partial charge in [-0.3, -0.25) is 0 Å². The van der Waals surface area contributed by atoms with E-state index in [1.807, 2.05) is 60.7 Å². The summed E-state index contributed by atoms with van der Waals surface area (Å²) in [5.41, 5.74) is 0. The molecule has 155 valence electrons. The third kappa shape index (κ3) is 92.3. The molecule has 2 rings (SSSR count). The Hall–Kier alpha value is -0.794. The zero-order valence-corrected chi connectivity index (χ0v) is 19.1. The van der Waals surface area contributed by atoms with Crippen LogP contribution in [0, 0.1) is 89.1 Å². The molecule has 2 aromatic rings. The molecule has 0 unspecified atom stereocenters. The van der Waals surface area contributed by atoms with Crippen LogP contribution in [0.1, 0.15) is 0 Å². The second-order valence-corrected chi connectivity index (χ2v) is 1.92. The van der Waals surface area contributed by atoms with Gasteiger partial charge in [-0.15, -0.1) is 0 Å². The van der Waals surface area contributed by atoms with Crippen molar-refractivity contribution >= 4 is 0 Å². The molecule has 0 saturated carbocycles. The van der Waals surface area contributed by atoms with Crippen LogP contribution in [-0.4, -0.2) is 0 Å². The van der Waals surface area contributed by atoms with Gasteiger partial charge in [0.2, 0.25) is 0 Å². The second kappa shape index (κ2) is 102. The van der Waals surface area contributed by atoms with Gasteiger partial charge in [0.25, 0.3) is 0 Å². The summed E-state index contributed by atoms with van der Waals surface area (Å²) < 4.78 is 0. The number of hydrogen-bond donors (Lipinski definition) is 0. The van der Waals surface area contributed by atoms with Crippen molar-refractivity contribution in [2.45, 2.75) is 0 Å². The van der Waals surface area contributed by atoms with Crippen molar-refractivity contribution < 1.29 is 16.8 Å². The molecule has 0 saturated heterocycles. The second-order valence-electron chi connectivity index (χ2n) is 1.92. The molecule has 0 atom stereocenters. The summed E-state index contributed by atoms with van der Waals surface area (Å²) in [6.45, 7) is 0. The van der Waals surface area contributed by atoms with Gasteiger partial charge in [-0.1, -0.05) is 0 Å². The van der Waals surface area contributed by atoms with Gasteiger partial charge in [-0.05, 0) is 0 Å². The first-order valence-corrected chi connectivity index (χ1v) is 3.33. The number of hydrogen-bond acceptors (Lipinski definition) is 0. The van der Waals surface area contributed by atoms with E-state index in [9.17, 15) is 0 Å². The van der Waals surface area contributed by atoms with E-state index in [0.29, 0.717) is 0 Å². The van der Waals surface area contributed by atoms with Gasteiger partial charge in [0.15, 0.2) is 0 Å². The van der Waals surface area contributed by atoms with Gasteiger partial charge >= 0.3 is 16.8 Å². The van der Waals surface area contributed by atoms with Gasteiger partial charge in [-0.2, -0.15) is 36.4 Å². The summed E-state index contributed by atoms with van der Waals surface area (Å²) in [7, 11) is 0. The summed E-state index contributed by atoms with van der Waals surface area (Å²) in [6.07, 6.45) is 0. The predicted molar refractivity (Wildman–Crippen MR) is 121 cm³/mol. The van der Waals surface area contributed by atoms with E-state index in [1.54, 1.807) is 0 Å². The van der Waals surface area contributed by atoms with E-state index in [2.05, 4.69) is 0 Å². The molecular weight excluding hydrogens is 323 g/mol. The van der Waals surface area contributed by atoms with Gasteiger partial charge < -0.3 is 89.1 Å². The summed E-state index contributed by atoms with van der Waals surface area (Å²) in [5, 5.41) is 0. The van der Waals surface area contributed by atoms with Crippen molar-refractivity contribution in [1.29, 1.82) is 0 Å². The third-order valence-electron chi connectivity index (χ3n) is 1.11. The van der Waals surface area contributed by atoms with Crippen LogP contribution in [0.25, 0.3) is 0 Å². The molecule has 0 aromatic heterocycles. The average molecular weight is 370 g/mol. The molecule has 0 amide bonds. The molecule has 0 heterocycles. The minimum absolute atomic E-state index is 0. The van der Waals surface area contributed by atoms with Gasteiger partial charge in [0, 0.05) is 0 Å². The van der Waals surface area contributed by atoms with Gasteiger partial charge in [-0.25, -0.2) is 24.3 Å². The fourth-order valence-electron chi connectivity index (χ4n) is 0.642. The summed E-state index contributed by atoms with van der Waals surface area (Å²) in [5.74, 6) is 0. The molecule has 0 aliphatic heterocycles. The Morgan fingerprint density at radius 3 is 0.478 bits per heavy atom. The normalized spacial score (nSPS) is 3.48. The van der Waals surface area contributed by atoms with Crippen LogP contribution in [0.3, 0.4) is 0 Å². The Morgan fingerprint density at radius 2 is 0.435 bits per heavy atom. The van der Waals surface area contributed by atoms with Crippen LogP contribution < -0.4 is 0 Å². The number of rotatable bonds is 0. The van der Waals surface area contributed by atoms with Crippen molar-refractivity contribution in [3.05, 3.63) is 150 Å². The molecule has 0 spiro atoms. The maximum Gasteiger partial charge on any atom is 2.00 e. The predicted octanol–water partition coefficient (Wildman–Crippen LogP) is 8.21. The van der Waals surface area contributed by atoms with Crippen molar-refractivity contribution in [3.8, 4) is 0 Å². The van der Waals surface area contributed by atoms with Crippen LogP contribution >= 0.6 is 0 Å². The maximum absolute atomic E-state index is 2.00. The van der Waals surface area contributed by atoms with Crippen LogP contribution in [0.4, 0.5) is 0 Å². The summed E-state index contributed by atoms with van der Waals surface area (Å²) >= 11 is 0. The van der Waals surface area contributed by atoms with Gasteiger partial charge in [0.1, 0.15) is 0 Å². The summed E-state index contributed by atoms with van der Waals surface area (Å²) in [4.78, 5) is 0. The quantitative estimate of drug-likeness (QED) is 0.410. The molecule has 2 aromatic carbocycles. The van der Waals surface area contributed by atoms with Crippen molar-refractivity contribution in [1.82, 2.24) is 0 Å². The SMILES string of the molecule is [CH3-].[CH3-].[CH3-].[CH3-].[CH3-].[CH3-].[CH3-].[CH3-].[CH3-].[CH3-].[CH3-].[CH3-].[Co+2].c1cc[cH-]c1.c1cc[cH-]c1. The van der Waals surface area contributed by atoms with Crippen molar-refractivity contribution in [2.75, 3.05) is 0 Å². The monoisotopic (exact) mass is 369 g/mol. The minimum atomic E-state index is 0. The van der Waals surface area contributed by atoms with Crippen LogP contribution in [0.15, 0.2) is 60.7 Å². The Bertz CT molecular complexity index is 145. The Labute approximate surface area is 166 Å². The summed E-state index contributed by atoms with van der Waals surface area (Å²) in [6, 6.07) is 20.0. The van der Waals surface area contributed by atoms with E-state index in [0.717, 1.165) is 0 Å². The largest absolute Gasteiger partial charge is 2.00 e. The Kier molecular flexibility index (Phi) is 523. The smallest absolute Gasteiger partial charge is 0.358 e. The first kappa shape index (κ1) is 118. The maximum atomic E-state index is 2.00. The zero-order chi connectivity index (χ0) is 7.07. The zero-order valence-electron chi connectivity index (χ0n) is 18.1. The average Bonchev–Trinajstić information content (AvgIpc) is 2.67. The van der Waals surface area contributed by atoms with E-state index in [4.69, 9.17) is 0 Å². The molecule has 0 fully saturated rings. The molecule has 0 nitrogen and oxygen atoms in total. The van der Waals surface area contributed by atoms with Crippen LogP contribution in [-0.2, 0) is 16.8 Å². The first-order chi connectivity index (χ1) is 5.00. The molecule has 0 N–H and O–H groups in total. The molecule has 23 heavy (non-hydrogen) atoms. The third-order valence-corrected chi connectivity index (χ3v) is 1.11. The van der Waals surface area contributed by atoms with Crippen LogP contribution in [0.5, 0.6) is 0 Å². The van der Waals surface area contributed by atoms with E-state index in [-0.39, 0.29) is 106 Å². The van der Waals surface area contributed by atoms with Gasteiger partial charge in [0.05, 0.1) is 0 Å². The Morgan fingerprint density at radius 1 is 0.304 bits per heavy atom.